The van der Waals surface area contributed by atoms with Crippen LogP contribution in [0.5, 0.6) is 0 Å². The van der Waals surface area contributed by atoms with Crippen LogP contribution in [0.15, 0.2) is 12.3 Å². The molecule has 0 bridgehead atoms. The minimum atomic E-state index is -0.540. The topological polar surface area (TPSA) is 62.5 Å². The molecule has 1 saturated heterocycles. The van der Waals surface area contributed by atoms with E-state index in [9.17, 15) is 9.18 Å². The zero-order valence-electron chi connectivity index (χ0n) is 12.0. The third kappa shape index (κ3) is 2.90. The molecule has 1 aliphatic rings. The number of rotatable bonds is 4. The zero-order chi connectivity index (χ0) is 14.7. The number of hydrogen-bond donors (Lipinski definition) is 1. The number of hydrogen-bond acceptors (Lipinski definition) is 4. The Bertz CT molecular complexity index is 490. The van der Waals surface area contributed by atoms with Gasteiger partial charge in [-0.1, -0.05) is 13.8 Å². The van der Waals surface area contributed by atoms with Crippen LogP contribution >= 0.6 is 0 Å². The van der Waals surface area contributed by atoms with Gasteiger partial charge in [0.25, 0.3) is 5.91 Å². The summed E-state index contributed by atoms with van der Waals surface area (Å²) in [7, 11) is 0. The third-order valence-corrected chi connectivity index (χ3v) is 3.89. The highest BCUT2D eigenvalue weighted by molar-refractivity contribution is 5.98. The number of carbonyl (C=O) groups is 1. The van der Waals surface area contributed by atoms with Crippen LogP contribution in [0.25, 0.3) is 0 Å². The Morgan fingerprint density at radius 1 is 1.55 bits per heavy atom. The number of pyridine rings is 1. The van der Waals surface area contributed by atoms with Gasteiger partial charge in [-0.25, -0.2) is 9.37 Å². The van der Waals surface area contributed by atoms with Crippen LogP contribution in [0, 0.1) is 5.82 Å². The minimum Gasteiger partial charge on any atom is -0.383 e. The molecule has 2 rings (SSSR count). The lowest BCUT2D eigenvalue weighted by atomic mass is 10.2. The van der Waals surface area contributed by atoms with Crippen molar-refractivity contribution in [1.82, 2.24) is 14.8 Å². The van der Waals surface area contributed by atoms with E-state index in [0.29, 0.717) is 19.1 Å². The van der Waals surface area contributed by atoms with E-state index < -0.39 is 5.82 Å². The van der Waals surface area contributed by atoms with Gasteiger partial charge in [0.15, 0.2) is 0 Å². The second-order valence-electron chi connectivity index (χ2n) is 5.00. The van der Waals surface area contributed by atoms with Gasteiger partial charge in [-0.3, -0.25) is 9.69 Å². The summed E-state index contributed by atoms with van der Waals surface area (Å²) in [6.45, 7) is 7.50. The summed E-state index contributed by atoms with van der Waals surface area (Å²) < 4.78 is 13.2. The Morgan fingerprint density at radius 2 is 2.25 bits per heavy atom. The van der Waals surface area contributed by atoms with Crippen LogP contribution in [0.4, 0.5) is 10.2 Å². The predicted octanol–water partition coefficient (Wildman–Crippen LogP) is 1.36. The maximum absolute atomic E-state index is 13.2. The van der Waals surface area contributed by atoms with Crippen LogP contribution in [0.3, 0.4) is 0 Å². The molecule has 1 fully saturated rings. The van der Waals surface area contributed by atoms with E-state index in [1.54, 1.807) is 4.90 Å². The summed E-state index contributed by atoms with van der Waals surface area (Å²) in [6, 6.07) is 1.53. The molecule has 0 spiro atoms. The molecule has 2 heterocycles. The normalized spacial score (nSPS) is 18.8. The quantitative estimate of drug-likeness (QED) is 0.904. The summed E-state index contributed by atoms with van der Waals surface area (Å²) in [4.78, 5) is 20.2. The first-order valence-electron chi connectivity index (χ1n) is 7.01. The fourth-order valence-corrected chi connectivity index (χ4v) is 2.76. The SMILES string of the molecule is CCN(CC)C1CCN(C(=O)c2cc(F)cnc2N)C1. The van der Waals surface area contributed by atoms with Gasteiger partial charge in [0.1, 0.15) is 11.6 Å². The van der Waals surface area contributed by atoms with Crippen molar-refractivity contribution in [2.75, 3.05) is 31.9 Å². The molecule has 0 aliphatic carbocycles. The van der Waals surface area contributed by atoms with Crippen molar-refractivity contribution in [3.8, 4) is 0 Å². The lowest BCUT2D eigenvalue weighted by Crippen LogP contribution is -2.38. The average Bonchev–Trinajstić information content (AvgIpc) is 2.92. The monoisotopic (exact) mass is 280 g/mol. The number of likely N-dealkylation sites (N-methyl/N-ethyl adjacent to an activating group) is 1. The van der Waals surface area contributed by atoms with Gasteiger partial charge in [0, 0.05) is 19.1 Å². The van der Waals surface area contributed by atoms with Crippen molar-refractivity contribution in [3.63, 3.8) is 0 Å². The average molecular weight is 280 g/mol. The van der Waals surface area contributed by atoms with Gasteiger partial charge >= 0.3 is 0 Å². The van der Waals surface area contributed by atoms with E-state index in [-0.39, 0.29) is 17.3 Å². The van der Waals surface area contributed by atoms with E-state index in [0.717, 1.165) is 31.8 Å². The molecule has 5 nitrogen and oxygen atoms in total. The second kappa shape index (κ2) is 6.17. The van der Waals surface area contributed by atoms with Crippen molar-refractivity contribution in [2.45, 2.75) is 26.3 Å². The minimum absolute atomic E-state index is 0.0858. The molecule has 1 aromatic rings. The molecule has 2 N–H and O–H groups in total. The van der Waals surface area contributed by atoms with Gasteiger partial charge < -0.3 is 10.6 Å². The number of nitrogens with two attached hydrogens (primary N) is 1. The highest BCUT2D eigenvalue weighted by Gasteiger charge is 2.30. The molecule has 20 heavy (non-hydrogen) atoms. The number of likely N-dealkylation sites (tertiary alicyclic amines) is 1. The van der Waals surface area contributed by atoms with E-state index in [4.69, 9.17) is 5.73 Å². The van der Waals surface area contributed by atoms with Crippen molar-refractivity contribution < 1.29 is 9.18 Å². The maximum atomic E-state index is 13.2. The second-order valence-corrected chi connectivity index (χ2v) is 5.00. The van der Waals surface area contributed by atoms with Crippen LogP contribution in [-0.2, 0) is 0 Å². The van der Waals surface area contributed by atoms with E-state index in [1.165, 1.54) is 0 Å². The Morgan fingerprint density at radius 3 is 2.90 bits per heavy atom. The summed E-state index contributed by atoms with van der Waals surface area (Å²) >= 11 is 0. The fourth-order valence-electron chi connectivity index (χ4n) is 2.76. The number of halogens is 1. The molecule has 0 saturated carbocycles. The molecule has 1 amide bonds. The Hall–Kier alpha value is -1.69. The molecule has 0 radical (unpaired) electrons. The Kier molecular flexibility index (Phi) is 4.54. The molecule has 1 aromatic heterocycles. The van der Waals surface area contributed by atoms with Crippen LogP contribution < -0.4 is 5.73 Å². The predicted molar refractivity (Wildman–Crippen MR) is 75.8 cm³/mol. The van der Waals surface area contributed by atoms with Crippen LogP contribution in [0.2, 0.25) is 0 Å². The van der Waals surface area contributed by atoms with Gasteiger partial charge in [0.2, 0.25) is 0 Å². The molecule has 1 unspecified atom stereocenters. The number of amides is 1. The van der Waals surface area contributed by atoms with E-state index >= 15 is 0 Å². The number of nitrogen functional groups attached to an aromatic ring is 1. The van der Waals surface area contributed by atoms with Crippen LogP contribution in [0.1, 0.15) is 30.6 Å². The van der Waals surface area contributed by atoms with Gasteiger partial charge in [-0.15, -0.1) is 0 Å². The van der Waals surface area contributed by atoms with E-state index in [1.807, 2.05) is 0 Å². The number of carbonyl (C=O) groups excluding carboxylic acids is 1. The smallest absolute Gasteiger partial charge is 0.257 e. The molecular weight excluding hydrogens is 259 g/mol. The lowest BCUT2D eigenvalue weighted by molar-refractivity contribution is 0.0778. The fraction of sp³-hybridized carbons (Fsp3) is 0.571. The Balaban J connectivity index is 2.10. The van der Waals surface area contributed by atoms with Crippen molar-refractivity contribution >= 4 is 11.7 Å². The lowest BCUT2D eigenvalue weighted by Gasteiger charge is -2.26. The van der Waals surface area contributed by atoms with Gasteiger partial charge in [0.05, 0.1) is 11.8 Å². The van der Waals surface area contributed by atoms with Gasteiger partial charge in [-0.05, 0) is 25.6 Å². The van der Waals surface area contributed by atoms with E-state index in [2.05, 4.69) is 23.7 Å². The number of nitrogens with zero attached hydrogens (tertiary/aromatic N) is 3. The molecule has 110 valence electrons. The number of anilines is 1. The van der Waals surface area contributed by atoms with Crippen molar-refractivity contribution in [3.05, 3.63) is 23.6 Å². The summed E-state index contributed by atoms with van der Waals surface area (Å²) in [5, 5.41) is 0. The largest absolute Gasteiger partial charge is 0.383 e. The summed E-state index contributed by atoms with van der Waals surface area (Å²) in [6.07, 6.45) is 1.96. The first-order valence-corrected chi connectivity index (χ1v) is 7.01. The first-order chi connectivity index (χ1) is 9.56. The summed E-state index contributed by atoms with van der Waals surface area (Å²) in [5.41, 5.74) is 5.83. The van der Waals surface area contributed by atoms with Crippen molar-refractivity contribution in [2.24, 2.45) is 0 Å². The highest BCUT2D eigenvalue weighted by atomic mass is 19.1. The standard InChI is InChI=1S/C14H21FN4O/c1-3-18(4-2)11-5-6-19(9-11)14(20)12-7-10(15)8-17-13(12)16/h7-8,11H,3-6,9H2,1-2H3,(H2,16,17). The molecule has 1 aliphatic heterocycles. The zero-order valence-corrected chi connectivity index (χ0v) is 12.0. The number of aromatic nitrogens is 1. The third-order valence-electron chi connectivity index (χ3n) is 3.89. The molecular formula is C14H21FN4O. The maximum Gasteiger partial charge on any atom is 0.257 e. The summed E-state index contributed by atoms with van der Waals surface area (Å²) in [5.74, 6) is -0.686. The molecule has 1 atom stereocenters. The Labute approximate surface area is 118 Å². The van der Waals surface area contributed by atoms with Crippen molar-refractivity contribution in [1.29, 1.82) is 0 Å². The first kappa shape index (κ1) is 14.7. The molecule has 0 aromatic carbocycles. The highest BCUT2D eigenvalue weighted by Crippen LogP contribution is 2.20. The molecule has 6 heteroatoms. The van der Waals surface area contributed by atoms with Crippen LogP contribution in [-0.4, -0.2) is 52.9 Å². The van der Waals surface area contributed by atoms with Gasteiger partial charge in [-0.2, -0.15) is 0 Å².